The molecule has 2 N–H and O–H groups in total. The lowest BCUT2D eigenvalue weighted by Gasteiger charge is -2.21. The summed E-state index contributed by atoms with van der Waals surface area (Å²) < 4.78 is 0. The molecule has 2 fully saturated rings. The fraction of sp³-hybridized carbons (Fsp3) is 0.421. The number of carbonyl (C=O) groups is 1. The molecule has 1 aliphatic heterocycles. The number of anilines is 1. The fourth-order valence-corrected chi connectivity index (χ4v) is 4.19. The highest BCUT2D eigenvalue weighted by Gasteiger charge is 2.42. The van der Waals surface area contributed by atoms with Crippen molar-refractivity contribution in [1.82, 2.24) is 14.9 Å². The van der Waals surface area contributed by atoms with Gasteiger partial charge in [-0.15, -0.1) is 0 Å². The van der Waals surface area contributed by atoms with Crippen molar-refractivity contribution < 1.29 is 9.90 Å². The van der Waals surface area contributed by atoms with E-state index in [2.05, 4.69) is 50.5 Å². The van der Waals surface area contributed by atoms with E-state index in [9.17, 15) is 4.79 Å². The largest absolute Gasteiger partial charge is 0.478 e. The molecular weight excluding hydrogens is 316 g/mol. The zero-order valence-electron chi connectivity index (χ0n) is 14.0. The van der Waals surface area contributed by atoms with E-state index in [1.54, 1.807) is 0 Å². The number of carboxylic acids is 1. The second kappa shape index (κ2) is 6.80. The molecule has 6 nitrogen and oxygen atoms in total. The fourth-order valence-electron chi connectivity index (χ4n) is 4.19. The van der Waals surface area contributed by atoms with Crippen molar-refractivity contribution in [2.24, 2.45) is 11.8 Å². The lowest BCUT2D eigenvalue weighted by atomic mass is 9.98. The molecule has 0 bridgehead atoms. The summed E-state index contributed by atoms with van der Waals surface area (Å²) in [5, 5.41) is 12.3. The van der Waals surface area contributed by atoms with E-state index in [0.29, 0.717) is 17.9 Å². The van der Waals surface area contributed by atoms with E-state index < -0.39 is 5.97 Å². The van der Waals surface area contributed by atoms with Crippen molar-refractivity contribution in [1.29, 1.82) is 0 Å². The second-order valence-electron chi connectivity index (χ2n) is 7.03. The van der Waals surface area contributed by atoms with Crippen LogP contribution in [0.3, 0.4) is 0 Å². The van der Waals surface area contributed by atoms with E-state index in [0.717, 1.165) is 32.0 Å². The third-order valence-corrected chi connectivity index (χ3v) is 5.39. The van der Waals surface area contributed by atoms with E-state index >= 15 is 0 Å². The van der Waals surface area contributed by atoms with Gasteiger partial charge in [-0.2, -0.15) is 0 Å². The van der Waals surface area contributed by atoms with Crippen molar-refractivity contribution in [3.05, 3.63) is 53.9 Å². The van der Waals surface area contributed by atoms with Gasteiger partial charge in [-0.1, -0.05) is 30.3 Å². The number of fused-ring (bicyclic) bond motifs is 1. The normalized spacial score (nSPS) is 25.7. The predicted molar refractivity (Wildman–Crippen MR) is 94.3 cm³/mol. The van der Waals surface area contributed by atoms with Gasteiger partial charge < -0.3 is 10.4 Å². The smallest absolute Gasteiger partial charge is 0.338 e. The number of nitrogens with one attached hydrogen (secondary N) is 1. The van der Waals surface area contributed by atoms with Crippen LogP contribution in [0.25, 0.3) is 0 Å². The number of rotatable bonds is 5. The number of benzene rings is 1. The molecule has 0 amide bonds. The molecule has 6 heteroatoms. The first-order valence-electron chi connectivity index (χ1n) is 8.77. The zero-order chi connectivity index (χ0) is 17.2. The molecule has 3 atom stereocenters. The highest BCUT2D eigenvalue weighted by Crippen LogP contribution is 2.39. The molecule has 2 heterocycles. The second-order valence-corrected chi connectivity index (χ2v) is 7.03. The van der Waals surface area contributed by atoms with Gasteiger partial charge in [0.25, 0.3) is 0 Å². The van der Waals surface area contributed by atoms with E-state index in [1.807, 2.05) is 0 Å². The molecule has 2 aromatic rings. The van der Waals surface area contributed by atoms with Crippen LogP contribution in [-0.4, -0.2) is 45.1 Å². The predicted octanol–water partition coefficient (Wildman–Crippen LogP) is 2.50. The molecule has 1 saturated heterocycles. The first-order valence-corrected chi connectivity index (χ1v) is 8.77. The monoisotopic (exact) mass is 338 g/mol. The summed E-state index contributed by atoms with van der Waals surface area (Å²) in [5.74, 6) is 0.850. The van der Waals surface area contributed by atoms with E-state index in [1.165, 1.54) is 24.4 Å². The number of aromatic nitrogens is 2. The average molecular weight is 338 g/mol. The summed E-state index contributed by atoms with van der Waals surface area (Å²) in [6.07, 6.45) is 5.07. The Hall–Kier alpha value is -2.47. The number of aromatic carboxylic acids is 1. The first kappa shape index (κ1) is 16.0. The van der Waals surface area contributed by atoms with Gasteiger partial charge in [-0.3, -0.25) is 4.90 Å². The van der Waals surface area contributed by atoms with Crippen LogP contribution in [0.5, 0.6) is 0 Å². The summed E-state index contributed by atoms with van der Waals surface area (Å²) in [5.41, 5.74) is 1.48. The Morgan fingerprint density at radius 3 is 2.64 bits per heavy atom. The van der Waals surface area contributed by atoms with Crippen LogP contribution in [0.4, 0.5) is 5.95 Å². The van der Waals surface area contributed by atoms with Crippen molar-refractivity contribution in [3.63, 3.8) is 0 Å². The third kappa shape index (κ3) is 3.49. The number of nitrogens with zero attached hydrogens (tertiary/aromatic N) is 3. The van der Waals surface area contributed by atoms with Gasteiger partial charge in [0, 0.05) is 38.1 Å². The quantitative estimate of drug-likeness (QED) is 0.872. The lowest BCUT2D eigenvalue weighted by molar-refractivity contribution is 0.0696. The minimum absolute atomic E-state index is 0.116. The van der Waals surface area contributed by atoms with Crippen molar-refractivity contribution in [2.75, 3.05) is 18.4 Å². The topological polar surface area (TPSA) is 78.3 Å². The van der Waals surface area contributed by atoms with Gasteiger partial charge >= 0.3 is 5.97 Å². The van der Waals surface area contributed by atoms with Crippen LogP contribution in [0.15, 0.2) is 42.7 Å². The highest BCUT2D eigenvalue weighted by molar-refractivity contribution is 5.86. The number of carboxylic acid groups (broad SMARTS) is 1. The Balaban J connectivity index is 1.37. The standard InChI is InChI=1S/C19H22N4O2/c24-18(25)15-8-20-19(21-9-15)22-17-7-6-14-11-23(12-16(14)17)10-13-4-2-1-3-5-13/h1-5,8-9,14,16-17H,6-7,10-12H2,(H,24,25)(H,20,21,22). The minimum atomic E-state index is -1.00. The van der Waals surface area contributed by atoms with Crippen molar-refractivity contribution >= 4 is 11.9 Å². The molecule has 1 aromatic carbocycles. The Bertz CT molecular complexity index is 735. The van der Waals surface area contributed by atoms with Crippen molar-refractivity contribution in [3.8, 4) is 0 Å². The molecule has 4 rings (SSSR count). The van der Waals surface area contributed by atoms with Crippen LogP contribution in [0.2, 0.25) is 0 Å². The molecule has 1 aromatic heterocycles. The Morgan fingerprint density at radius 1 is 1.16 bits per heavy atom. The summed E-state index contributed by atoms with van der Waals surface area (Å²) >= 11 is 0. The lowest BCUT2D eigenvalue weighted by Crippen LogP contribution is -2.30. The average Bonchev–Trinajstić information content (AvgIpc) is 3.18. The van der Waals surface area contributed by atoms with Gasteiger partial charge in [0.2, 0.25) is 5.95 Å². The Kier molecular flexibility index (Phi) is 4.36. The molecule has 2 aliphatic rings. The van der Waals surface area contributed by atoms with Crippen LogP contribution < -0.4 is 5.32 Å². The van der Waals surface area contributed by atoms with Crippen LogP contribution >= 0.6 is 0 Å². The van der Waals surface area contributed by atoms with Crippen LogP contribution in [-0.2, 0) is 6.54 Å². The first-order chi connectivity index (χ1) is 12.2. The maximum Gasteiger partial charge on any atom is 0.338 e. The summed E-state index contributed by atoms with van der Waals surface area (Å²) in [4.78, 5) is 21.7. The van der Waals surface area contributed by atoms with E-state index in [4.69, 9.17) is 5.11 Å². The SMILES string of the molecule is O=C(O)c1cnc(NC2CCC3CN(Cc4ccccc4)CC32)nc1. The Labute approximate surface area is 146 Å². The van der Waals surface area contributed by atoms with Gasteiger partial charge in [0.1, 0.15) is 0 Å². The van der Waals surface area contributed by atoms with Gasteiger partial charge in [-0.05, 0) is 30.2 Å². The van der Waals surface area contributed by atoms with Crippen LogP contribution in [0, 0.1) is 11.8 Å². The van der Waals surface area contributed by atoms with E-state index in [-0.39, 0.29) is 5.56 Å². The van der Waals surface area contributed by atoms with Gasteiger partial charge in [0.05, 0.1) is 5.56 Å². The minimum Gasteiger partial charge on any atom is -0.478 e. The van der Waals surface area contributed by atoms with Gasteiger partial charge in [-0.25, -0.2) is 14.8 Å². The van der Waals surface area contributed by atoms with Gasteiger partial charge in [0.15, 0.2) is 0 Å². The molecule has 130 valence electrons. The van der Waals surface area contributed by atoms with Crippen molar-refractivity contribution in [2.45, 2.75) is 25.4 Å². The number of hydrogen-bond donors (Lipinski definition) is 2. The molecular formula is C19H22N4O2. The summed E-state index contributed by atoms with van der Waals surface area (Å²) in [7, 11) is 0. The molecule has 1 saturated carbocycles. The summed E-state index contributed by atoms with van der Waals surface area (Å²) in [6, 6.07) is 11.0. The molecule has 1 aliphatic carbocycles. The maximum atomic E-state index is 10.9. The zero-order valence-corrected chi connectivity index (χ0v) is 14.0. The maximum absolute atomic E-state index is 10.9. The molecule has 0 radical (unpaired) electrons. The summed E-state index contributed by atoms with van der Waals surface area (Å²) in [6.45, 7) is 3.24. The van der Waals surface area contributed by atoms with Crippen LogP contribution in [0.1, 0.15) is 28.8 Å². The highest BCUT2D eigenvalue weighted by atomic mass is 16.4. The molecule has 0 spiro atoms. The third-order valence-electron chi connectivity index (χ3n) is 5.39. The number of hydrogen-bond acceptors (Lipinski definition) is 5. The molecule has 3 unspecified atom stereocenters. The Morgan fingerprint density at radius 2 is 1.92 bits per heavy atom. The molecule has 25 heavy (non-hydrogen) atoms. The number of likely N-dealkylation sites (tertiary alicyclic amines) is 1.